The monoisotopic (exact) mass is 248 g/mol. The first-order chi connectivity index (χ1) is 8.65. The Bertz CT molecular complexity index is 396. The fourth-order valence-electron chi connectivity index (χ4n) is 2.17. The molecule has 1 aromatic rings. The number of primary amides is 1. The van der Waals surface area contributed by atoms with Gasteiger partial charge in [0.1, 0.15) is 0 Å². The van der Waals surface area contributed by atoms with Crippen LogP contribution >= 0.6 is 0 Å². The molecule has 1 saturated heterocycles. The van der Waals surface area contributed by atoms with Crippen LogP contribution in [-0.4, -0.2) is 35.0 Å². The number of carbonyl (C=O) groups excluding carboxylic acids is 1. The third-order valence-corrected chi connectivity index (χ3v) is 3.37. The lowest BCUT2D eigenvalue weighted by Crippen LogP contribution is -2.46. The summed E-state index contributed by atoms with van der Waals surface area (Å²) in [6.07, 6.45) is 3.82. The van der Waals surface area contributed by atoms with Crippen LogP contribution in [0.3, 0.4) is 0 Å². The molecule has 0 radical (unpaired) electrons. The van der Waals surface area contributed by atoms with E-state index < -0.39 is 0 Å². The van der Waals surface area contributed by atoms with Gasteiger partial charge in [0.2, 0.25) is 0 Å². The SMILES string of the molecule is Cc1ccc(CNC2CCN(C(N)=O)CC2)cn1. The average Bonchev–Trinajstić information content (AvgIpc) is 2.38. The molecule has 3 N–H and O–H groups in total. The molecule has 98 valence electrons. The van der Waals surface area contributed by atoms with Crippen molar-refractivity contribution in [3.05, 3.63) is 29.6 Å². The lowest BCUT2D eigenvalue weighted by atomic mass is 10.1. The van der Waals surface area contributed by atoms with Crippen LogP contribution in [0.4, 0.5) is 4.79 Å². The first kappa shape index (κ1) is 12.8. The molecular weight excluding hydrogens is 228 g/mol. The second-order valence-electron chi connectivity index (χ2n) is 4.79. The van der Waals surface area contributed by atoms with Gasteiger partial charge in [-0.15, -0.1) is 0 Å². The molecule has 1 aliphatic heterocycles. The predicted molar refractivity (Wildman–Crippen MR) is 70.0 cm³/mol. The molecule has 1 fully saturated rings. The molecule has 0 aromatic carbocycles. The van der Waals surface area contributed by atoms with Gasteiger partial charge in [0, 0.05) is 37.6 Å². The molecule has 0 spiro atoms. The molecule has 2 heterocycles. The van der Waals surface area contributed by atoms with Crippen LogP contribution in [0.1, 0.15) is 24.1 Å². The summed E-state index contributed by atoms with van der Waals surface area (Å²) < 4.78 is 0. The highest BCUT2D eigenvalue weighted by Crippen LogP contribution is 2.10. The number of hydrogen-bond donors (Lipinski definition) is 2. The van der Waals surface area contributed by atoms with Gasteiger partial charge in [-0.1, -0.05) is 6.07 Å². The Morgan fingerprint density at radius 3 is 2.78 bits per heavy atom. The summed E-state index contributed by atoms with van der Waals surface area (Å²) in [6.45, 7) is 4.31. The minimum atomic E-state index is -0.309. The van der Waals surface area contributed by atoms with Crippen molar-refractivity contribution in [2.24, 2.45) is 5.73 Å². The number of piperidine rings is 1. The minimum Gasteiger partial charge on any atom is -0.351 e. The van der Waals surface area contributed by atoms with E-state index in [9.17, 15) is 4.79 Å². The molecule has 1 aliphatic rings. The molecule has 5 nitrogen and oxygen atoms in total. The Kier molecular flexibility index (Phi) is 4.15. The van der Waals surface area contributed by atoms with Gasteiger partial charge in [0.05, 0.1) is 0 Å². The number of carbonyl (C=O) groups is 1. The number of aryl methyl sites for hydroxylation is 1. The topological polar surface area (TPSA) is 71.2 Å². The van der Waals surface area contributed by atoms with Gasteiger partial charge >= 0.3 is 6.03 Å². The van der Waals surface area contributed by atoms with Crippen LogP contribution in [0.2, 0.25) is 0 Å². The van der Waals surface area contributed by atoms with E-state index in [4.69, 9.17) is 5.73 Å². The van der Waals surface area contributed by atoms with E-state index >= 15 is 0 Å². The van der Waals surface area contributed by atoms with Crippen molar-refractivity contribution >= 4 is 6.03 Å². The van der Waals surface area contributed by atoms with Gasteiger partial charge in [0.15, 0.2) is 0 Å². The van der Waals surface area contributed by atoms with E-state index in [1.807, 2.05) is 19.2 Å². The Balaban J connectivity index is 1.75. The summed E-state index contributed by atoms with van der Waals surface area (Å²) in [6, 6.07) is 4.26. The average molecular weight is 248 g/mol. The van der Waals surface area contributed by atoms with Crippen molar-refractivity contribution in [1.82, 2.24) is 15.2 Å². The maximum atomic E-state index is 11.0. The summed E-state index contributed by atoms with van der Waals surface area (Å²) in [4.78, 5) is 17.0. The van der Waals surface area contributed by atoms with Gasteiger partial charge in [-0.25, -0.2) is 4.79 Å². The second kappa shape index (κ2) is 5.82. The highest BCUT2D eigenvalue weighted by atomic mass is 16.2. The van der Waals surface area contributed by atoms with Gasteiger partial charge < -0.3 is 16.0 Å². The number of rotatable bonds is 3. The molecule has 2 amide bonds. The zero-order valence-corrected chi connectivity index (χ0v) is 10.7. The Labute approximate surface area is 107 Å². The van der Waals surface area contributed by atoms with E-state index in [2.05, 4.69) is 16.4 Å². The van der Waals surface area contributed by atoms with Crippen molar-refractivity contribution in [3.63, 3.8) is 0 Å². The third-order valence-electron chi connectivity index (χ3n) is 3.37. The smallest absolute Gasteiger partial charge is 0.314 e. The van der Waals surface area contributed by atoms with E-state index in [1.54, 1.807) is 4.90 Å². The maximum Gasteiger partial charge on any atom is 0.314 e. The summed E-state index contributed by atoms with van der Waals surface area (Å²) in [5.74, 6) is 0. The van der Waals surface area contributed by atoms with Crippen LogP contribution in [0, 0.1) is 6.92 Å². The molecule has 18 heavy (non-hydrogen) atoms. The van der Waals surface area contributed by atoms with E-state index in [-0.39, 0.29) is 6.03 Å². The van der Waals surface area contributed by atoms with Crippen molar-refractivity contribution in [2.45, 2.75) is 32.4 Å². The van der Waals surface area contributed by atoms with Gasteiger partial charge in [-0.2, -0.15) is 0 Å². The molecule has 0 aliphatic carbocycles. The quantitative estimate of drug-likeness (QED) is 0.839. The molecule has 0 atom stereocenters. The fourth-order valence-corrected chi connectivity index (χ4v) is 2.17. The molecule has 0 saturated carbocycles. The number of likely N-dealkylation sites (tertiary alicyclic amines) is 1. The number of amides is 2. The molecular formula is C13H20N4O. The number of urea groups is 1. The largest absolute Gasteiger partial charge is 0.351 e. The number of aromatic nitrogens is 1. The first-order valence-corrected chi connectivity index (χ1v) is 6.34. The van der Waals surface area contributed by atoms with Crippen LogP contribution in [0.25, 0.3) is 0 Å². The highest BCUT2D eigenvalue weighted by Gasteiger charge is 2.20. The number of nitrogens with zero attached hydrogens (tertiary/aromatic N) is 2. The van der Waals surface area contributed by atoms with Crippen LogP contribution < -0.4 is 11.1 Å². The second-order valence-corrected chi connectivity index (χ2v) is 4.79. The number of hydrogen-bond acceptors (Lipinski definition) is 3. The highest BCUT2D eigenvalue weighted by molar-refractivity contribution is 5.72. The first-order valence-electron chi connectivity index (χ1n) is 6.34. The van der Waals surface area contributed by atoms with E-state index in [0.717, 1.165) is 38.2 Å². The predicted octanol–water partition coefficient (Wildman–Crippen LogP) is 1.02. The van der Waals surface area contributed by atoms with E-state index in [1.165, 1.54) is 5.56 Å². The molecule has 0 bridgehead atoms. The Morgan fingerprint density at radius 1 is 1.50 bits per heavy atom. The summed E-state index contributed by atoms with van der Waals surface area (Å²) in [7, 11) is 0. The maximum absolute atomic E-state index is 11.0. The van der Waals surface area contributed by atoms with Crippen LogP contribution in [0.15, 0.2) is 18.3 Å². The minimum absolute atomic E-state index is 0.309. The Hall–Kier alpha value is -1.62. The number of nitrogens with one attached hydrogen (secondary N) is 1. The van der Waals surface area contributed by atoms with Gasteiger partial charge in [-0.3, -0.25) is 4.98 Å². The summed E-state index contributed by atoms with van der Waals surface area (Å²) in [5, 5.41) is 3.50. The lowest BCUT2D eigenvalue weighted by molar-refractivity contribution is 0.185. The Morgan fingerprint density at radius 2 is 2.22 bits per heavy atom. The van der Waals surface area contributed by atoms with Crippen molar-refractivity contribution < 1.29 is 4.79 Å². The third kappa shape index (κ3) is 3.43. The van der Waals surface area contributed by atoms with Crippen molar-refractivity contribution in [3.8, 4) is 0 Å². The van der Waals surface area contributed by atoms with Crippen molar-refractivity contribution in [2.75, 3.05) is 13.1 Å². The zero-order chi connectivity index (χ0) is 13.0. The fraction of sp³-hybridized carbons (Fsp3) is 0.538. The summed E-state index contributed by atoms with van der Waals surface area (Å²) in [5.41, 5.74) is 7.48. The summed E-state index contributed by atoms with van der Waals surface area (Å²) >= 11 is 0. The standard InChI is InChI=1S/C13H20N4O/c1-10-2-3-11(8-15-10)9-16-12-4-6-17(7-5-12)13(14)18/h2-3,8,12,16H,4-7,9H2,1H3,(H2,14,18). The number of pyridine rings is 1. The normalized spacial score (nSPS) is 16.8. The van der Waals surface area contributed by atoms with Gasteiger partial charge in [0.25, 0.3) is 0 Å². The van der Waals surface area contributed by atoms with Crippen LogP contribution in [0.5, 0.6) is 0 Å². The van der Waals surface area contributed by atoms with Crippen LogP contribution in [-0.2, 0) is 6.54 Å². The van der Waals surface area contributed by atoms with Gasteiger partial charge in [-0.05, 0) is 31.4 Å². The molecule has 5 heteroatoms. The van der Waals surface area contributed by atoms with Crippen molar-refractivity contribution in [1.29, 1.82) is 0 Å². The molecule has 0 unspecified atom stereocenters. The number of nitrogens with two attached hydrogens (primary N) is 1. The molecule has 2 rings (SSSR count). The molecule has 1 aromatic heterocycles. The van der Waals surface area contributed by atoms with E-state index in [0.29, 0.717) is 6.04 Å². The zero-order valence-electron chi connectivity index (χ0n) is 10.7. The lowest BCUT2D eigenvalue weighted by Gasteiger charge is -2.31.